The number of aliphatic hydroxyl groups excluding tert-OH is 2. The van der Waals surface area contributed by atoms with Gasteiger partial charge < -0.3 is 15.1 Å². The van der Waals surface area contributed by atoms with Crippen LogP contribution in [-0.2, 0) is 4.79 Å². The van der Waals surface area contributed by atoms with Gasteiger partial charge in [-0.1, -0.05) is 23.2 Å². The molecule has 2 N–H and O–H groups in total. The molecular formula is C14H17Cl2NO3. The number of hydrogen-bond acceptors (Lipinski definition) is 3. The van der Waals surface area contributed by atoms with E-state index in [-0.39, 0.29) is 25.0 Å². The van der Waals surface area contributed by atoms with Crippen molar-refractivity contribution in [3.8, 4) is 0 Å². The zero-order valence-electron chi connectivity index (χ0n) is 10.9. The first-order chi connectivity index (χ1) is 9.51. The first-order valence-corrected chi connectivity index (χ1v) is 7.31. The summed E-state index contributed by atoms with van der Waals surface area (Å²) < 4.78 is 0. The summed E-state index contributed by atoms with van der Waals surface area (Å²) in [5, 5.41) is 20.2. The molecule has 6 heteroatoms. The standard InChI is InChI=1S/C14H17Cl2NO3/c15-10-4-9(5-11(16)6-10)13(19)7-14(20)17-3-1-2-12(17)8-18/h4-6,12-13,18-19H,1-3,7-8H2/t12-,13?/m1/s1. The van der Waals surface area contributed by atoms with Crippen LogP contribution in [0.3, 0.4) is 0 Å². The van der Waals surface area contributed by atoms with Crippen molar-refractivity contribution in [1.29, 1.82) is 0 Å². The third-order valence-corrected chi connectivity index (χ3v) is 3.98. The van der Waals surface area contributed by atoms with Crippen LogP contribution >= 0.6 is 23.2 Å². The summed E-state index contributed by atoms with van der Waals surface area (Å²) in [5.41, 5.74) is 0.524. The Bertz CT molecular complexity index is 475. The molecule has 4 nitrogen and oxygen atoms in total. The van der Waals surface area contributed by atoms with Gasteiger partial charge in [-0.3, -0.25) is 4.79 Å². The molecule has 1 fully saturated rings. The van der Waals surface area contributed by atoms with E-state index in [9.17, 15) is 15.0 Å². The van der Waals surface area contributed by atoms with Gasteiger partial charge in [0, 0.05) is 16.6 Å². The Morgan fingerprint density at radius 2 is 2.00 bits per heavy atom. The van der Waals surface area contributed by atoms with Crippen molar-refractivity contribution in [2.24, 2.45) is 0 Å². The predicted octanol–water partition coefficient (Wildman–Crippen LogP) is 2.40. The van der Waals surface area contributed by atoms with Crippen molar-refractivity contribution in [3.05, 3.63) is 33.8 Å². The molecule has 1 aliphatic rings. The molecule has 0 bridgehead atoms. The number of hydrogen-bond donors (Lipinski definition) is 2. The maximum Gasteiger partial charge on any atom is 0.225 e. The zero-order valence-corrected chi connectivity index (χ0v) is 12.4. The Kier molecular flexibility index (Phi) is 5.27. The number of nitrogens with zero attached hydrogens (tertiary/aromatic N) is 1. The van der Waals surface area contributed by atoms with Crippen molar-refractivity contribution in [3.63, 3.8) is 0 Å². The van der Waals surface area contributed by atoms with E-state index >= 15 is 0 Å². The van der Waals surface area contributed by atoms with E-state index in [4.69, 9.17) is 23.2 Å². The number of rotatable bonds is 4. The summed E-state index contributed by atoms with van der Waals surface area (Å²) in [5.74, 6) is -0.162. The Hall–Kier alpha value is -0.810. The molecule has 2 atom stereocenters. The van der Waals surface area contributed by atoms with E-state index in [0.717, 1.165) is 12.8 Å². The van der Waals surface area contributed by atoms with Crippen LogP contribution in [-0.4, -0.2) is 40.2 Å². The minimum absolute atomic E-state index is 0.0346. The fourth-order valence-electron chi connectivity index (χ4n) is 2.52. The smallest absolute Gasteiger partial charge is 0.225 e. The second-order valence-corrected chi connectivity index (χ2v) is 5.86. The summed E-state index contributed by atoms with van der Waals surface area (Å²) >= 11 is 11.8. The first kappa shape index (κ1) is 15.6. The van der Waals surface area contributed by atoms with Crippen LogP contribution in [0, 0.1) is 0 Å². The SMILES string of the molecule is O=C(CC(O)c1cc(Cl)cc(Cl)c1)N1CCC[C@@H]1CO. The number of carbonyl (C=O) groups excluding carboxylic acids is 1. The number of amides is 1. The van der Waals surface area contributed by atoms with Gasteiger partial charge in [-0.05, 0) is 36.6 Å². The van der Waals surface area contributed by atoms with Crippen molar-refractivity contribution >= 4 is 29.1 Å². The molecule has 110 valence electrons. The van der Waals surface area contributed by atoms with E-state index in [1.165, 1.54) is 0 Å². The van der Waals surface area contributed by atoms with Crippen LogP contribution < -0.4 is 0 Å². The van der Waals surface area contributed by atoms with E-state index in [0.29, 0.717) is 22.2 Å². The monoisotopic (exact) mass is 317 g/mol. The minimum Gasteiger partial charge on any atom is -0.394 e. The molecule has 1 aromatic carbocycles. The highest BCUT2D eigenvalue weighted by atomic mass is 35.5. The summed E-state index contributed by atoms with van der Waals surface area (Å²) in [6, 6.07) is 4.64. The van der Waals surface area contributed by atoms with Crippen molar-refractivity contribution < 1.29 is 15.0 Å². The van der Waals surface area contributed by atoms with Crippen LogP contribution in [0.2, 0.25) is 10.0 Å². The largest absolute Gasteiger partial charge is 0.394 e. The molecule has 1 amide bonds. The summed E-state index contributed by atoms with van der Waals surface area (Å²) in [7, 11) is 0. The van der Waals surface area contributed by atoms with Gasteiger partial charge in [0.15, 0.2) is 0 Å². The average Bonchev–Trinajstić information content (AvgIpc) is 2.85. The van der Waals surface area contributed by atoms with Gasteiger partial charge in [0.1, 0.15) is 0 Å². The van der Waals surface area contributed by atoms with E-state index in [1.807, 2.05) is 0 Å². The van der Waals surface area contributed by atoms with Gasteiger partial charge in [-0.25, -0.2) is 0 Å². The molecule has 1 aromatic rings. The Balaban J connectivity index is 2.03. The van der Waals surface area contributed by atoms with Gasteiger partial charge in [-0.15, -0.1) is 0 Å². The van der Waals surface area contributed by atoms with Crippen LogP contribution in [0.1, 0.15) is 30.9 Å². The summed E-state index contributed by atoms with van der Waals surface area (Å²) in [6.45, 7) is 0.595. The van der Waals surface area contributed by atoms with Gasteiger partial charge in [0.25, 0.3) is 0 Å². The molecule has 20 heavy (non-hydrogen) atoms. The summed E-state index contributed by atoms with van der Waals surface area (Å²) in [6.07, 6.45) is 0.712. The Morgan fingerprint density at radius 1 is 1.35 bits per heavy atom. The third-order valence-electron chi connectivity index (χ3n) is 3.55. The normalized spacial score (nSPS) is 20.2. The number of benzene rings is 1. The lowest BCUT2D eigenvalue weighted by Gasteiger charge is -2.24. The first-order valence-electron chi connectivity index (χ1n) is 6.55. The molecular weight excluding hydrogens is 301 g/mol. The van der Waals surface area contributed by atoms with Gasteiger partial charge in [-0.2, -0.15) is 0 Å². The molecule has 0 aromatic heterocycles. The molecule has 0 spiro atoms. The number of aliphatic hydroxyl groups is 2. The molecule has 1 aliphatic heterocycles. The average molecular weight is 318 g/mol. The lowest BCUT2D eigenvalue weighted by Crippen LogP contribution is -2.38. The third kappa shape index (κ3) is 3.64. The fraction of sp³-hybridized carbons (Fsp3) is 0.500. The maximum atomic E-state index is 12.2. The van der Waals surface area contributed by atoms with Crippen molar-refractivity contribution in [2.45, 2.75) is 31.4 Å². The van der Waals surface area contributed by atoms with E-state index in [2.05, 4.69) is 0 Å². The second-order valence-electron chi connectivity index (χ2n) is 4.99. The zero-order chi connectivity index (χ0) is 14.7. The van der Waals surface area contributed by atoms with E-state index < -0.39 is 6.10 Å². The van der Waals surface area contributed by atoms with Crippen molar-refractivity contribution in [2.75, 3.05) is 13.2 Å². The van der Waals surface area contributed by atoms with Crippen LogP contribution in [0.5, 0.6) is 0 Å². The van der Waals surface area contributed by atoms with Gasteiger partial charge >= 0.3 is 0 Å². The lowest BCUT2D eigenvalue weighted by molar-refractivity contribution is -0.134. The number of halogens is 2. The molecule has 1 unspecified atom stereocenters. The van der Waals surface area contributed by atoms with Gasteiger partial charge in [0.05, 0.1) is 25.2 Å². The molecule has 0 radical (unpaired) electrons. The van der Waals surface area contributed by atoms with Crippen LogP contribution in [0.4, 0.5) is 0 Å². The summed E-state index contributed by atoms with van der Waals surface area (Å²) in [4.78, 5) is 13.8. The van der Waals surface area contributed by atoms with Gasteiger partial charge in [0.2, 0.25) is 5.91 Å². The highest BCUT2D eigenvalue weighted by Gasteiger charge is 2.29. The van der Waals surface area contributed by atoms with Crippen LogP contribution in [0.15, 0.2) is 18.2 Å². The highest BCUT2D eigenvalue weighted by Crippen LogP contribution is 2.27. The molecule has 2 rings (SSSR count). The molecule has 1 heterocycles. The molecule has 1 saturated heterocycles. The number of carbonyl (C=O) groups is 1. The van der Waals surface area contributed by atoms with Crippen LogP contribution in [0.25, 0.3) is 0 Å². The molecule has 0 aliphatic carbocycles. The molecule has 0 saturated carbocycles. The lowest BCUT2D eigenvalue weighted by atomic mass is 10.1. The van der Waals surface area contributed by atoms with E-state index in [1.54, 1.807) is 23.1 Å². The number of likely N-dealkylation sites (tertiary alicyclic amines) is 1. The second kappa shape index (κ2) is 6.76. The maximum absolute atomic E-state index is 12.2. The Morgan fingerprint density at radius 3 is 2.60 bits per heavy atom. The highest BCUT2D eigenvalue weighted by molar-refractivity contribution is 6.34. The minimum atomic E-state index is -0.946. The Labute approximate surface area is 127 Å². The van der Waals surface area contributed by atoms with Crippen molar-refractivity contribution in [1.82, 2.24) is 4.90 Å². The quantitative estimate of drug-likeness (QED) is 0.896. The fourth-order valence-corrected chi connectivity index (χ4v) is 3.06. The topological polar surface area (TPSA) is 60.8 Å². The predicted molar refractivity (Wildman–Crippen MR) is 77.9 cm³/mol.